The normalized spacial score (nSPS) is 16.1. The molecule has 1 amide bonds. The summed E-state index contributed by atoms with van der Waals surface area (Å²) in [6, 6.07) is 13.3. The Morgan fingerprint density at radius 2 is 1.67 bits per heavy atom. The number of piperidine rings is 1. The van der Waals surface area contributed by atoms with Crippen molar-refractivity contribution in [3.8, 4) is 11.1 Å². The second-order valence-electron chi connectivity index (χ2n) is 6.99. The minimum atomic E-state index is -3.61. The van der Waals surface area contributed by atoms with Gasteiger partial charge in [-0.25, -0.2) is 12.8 Å². The molecule has 1 unspecified atom stereocenters. The third-order valence-corrected chi connectivity index (χ3v) is 7.14. The predicted octanol–water partition coefficient (Wildman–Crippen LogP) is 3.98. The van der Waals surface area contributed by atoms with Crippen molar-refractivity contribution in [2.45, 2.75) is 31.4 Å². The average molecular weight is 389 g/mol. The molecule has 0 radical (unpaired) electrons. The molecule has 0 bridgehead atoms. The van der Waals surface area contributed by atoms with Crippen LogP contribution in [-0.4, -0.2) is 38.1 Å². The molecule has 1 fully saturated rings. The van der Waals surface area contributed by atoms with Crippen LogP contribution in [0, 0.1) is 5.82 Å². The summed E-state index contributed by atoms with van der Waals surface area (Å²) >= 11 is 0. The highest BCUT2D eigenvalue weighted by atomic mass is 32.2. The number of carbonyl (C=O) groups is 1. The first-order chi connectivity index (χ1) is 12.9. The van der Waals surface area contributed by atoms with Crippen LogP contribution >= 0.6 is 0 Å². The van der Waals surface area contributed by atoms with Gasteiger partial charge >= 0.3 is 0 Å². The molecule has 27 heavy (non-hydrogen) atoms. The van der Waals surface area contributed by atoms with Crippen molar-refractivity contribution >= 4 is 15.7 Å². The number of carbonyl (C=O) groups excluding carboxylic acids is 1. The van der Waals surface area contributed by atoms with Crippen molar-refractivity contribution in [1.82, 2.24) is 4.90 Å². The quantitative estimate of drug-likeness (QED) is 0.777. The van der Waals surface area contributed by atoms with Gasteiger partial charge in [-0.3, -0.25) is 4.79 Å². The van der Waals surface area contributed by atoms with Gasteiger partial charge in [0, 0.05) is 18.7 Å². The van der Waals surface area contributed by atoms with Gasteiger partial charge in [0.1, 0.15) is 11.6 Å². The van der Waals surface area contributed by atoms with Gasteiger partial charge in [-0.1, -0.05) is 42.5 Å². The Kier molecular flexibility index (Phi) is 5.95. The summed E-state index contributed by atoms with van der Waals surface area (Å²) in [5, 5.41) is -0.791. The van der Waals surface area contributed by atoms with Crippen molar-refractivity contribution in [3.05, 3.63) is 59.9 Å². The lowest BCUT2D eigenvalue weighted by atomic mass is 10.0. The van der Waals surface area contributed by atoms with E-state index in [1.165, 1.54) is 6.07 Å². The first kappa shape index (κ1) is 19.5. The Morgan fingerprint density at radius 3 is 2.30 bits per heavy atom. The molecule has 0 spiro atoms. The van der Waals surface area contributed by atoms with Crippen LogP contribution < -0.4 is 0 Å². The number of halogens is 1. The van der Waals surface area contributed by atoms with Gasteiger partial charge in [0.15, 0.2) is 9.84 Å². The maximum Gasteiger partial charge on any atom is 0.237 e. The fourth-order valence-electron chi connectivity index (χ4n) is 3.37. The molecule has 1 aliphatic heterocycles. The van der Waals surface area contributed by atoms with Crippen molar-refractivity contribution in [2.24, 2.45) is 0 Å². The SMILES string of the molecule is CC(c1ccc(-c2ccccc2F)cc1)S(=O)(=O)CC(=O)N1CCCCC1. The van der Waals surface area contributed by atoms with Gasteiger partial charge in [-0.05, 0) is 43.4 Å². The smallest absolute Gasteiger partial charge is 0.237 e. The summed E-state index contributed by atoms with van der Waals surface area (Å²) in [6.07, 6.45) is 2.94. The van der Waals surface area contributed by atoms with Crippen molar-refractivity contribution in [3.63, 3.8) is 0 Å². The monoisotopic (exact) mass is 389 g/mol. The maximum atomic E-state index is 13.9. The van der Waals surface area contributed by atoms with Crippen molar-refractivity contribution in [2.75, 3.05) is 18.8 Å². The molecule has 1 atom stereocenters. The molecule has 0 N–H and O–H groups in total. The van der Waals surface area contributed by atoms with Gasteiger partial charge in [0.25, 0.3) is 0 Å². The van der Waals surface area contributed by atoms with E-state index in [9.17, 15) is 17.6 Å². The summed E-state index contributed by atoms with van der Waals surface area (Å²) in [6.45, 7) is 2.87. The standard InChI is InChI=1S/C21H24FNO3S/c1-16(27(25,26)15-21(24)23-13-5-2-6-14-23)17-9-11-18(12-10-17)19-7-3-4-8-20(19)22/h3-4,7-12,16H,2,5-6,13-15H2,1H3. The molecule has 1 aliphatic rings. The lowest BCUT2D eigenvalue weighted by molar-refractivity contribution is -0.129. The Labute approximate surface area is 159 Å². The van der Waals surface area contributed by atoms with Crippen LogP contribution in [0.25, 0.3) is 11.1 Å². The van der Waals surface area contributed by atoms with Crippen LogP contribution in [0.4, 0.5) is 4.39 Å². The zero-order valence-corrected chi connectivity index (χ0v) is 16.2. The second kappa shape index (κ2) is 8.21. The molecule has 6 heteroatoms. The summed E-state index contributed by atoms with van der Waals surface area (Å²) in [4.78, 5) is 14.0. The van der Waals surface area contributed by atoms with Crippen molar-refractivity contribution in [1.29, 1.82) is 0 Å². The number of likely N-dealkylation sites (tertiary alicyclic amines) is 1. The highest BCUT2D eigenvalue weighted by Gasteiger charge is 2.28. The number of amides is 1. The molecule has 2 aromatic rings. The molecular formula is C21H24FNO3S. The largest absolute Gasteiger partial charge is 0.342 e. The maximum absolute atomic E-state index is 13.9. The first-order valence-electron chi connectivity index (χ1n) is 9.23. The summed E-state index contributed by atoms with van der Waals surface area (Å²) < 4.78 is 39.3. The number of benzene rings is 2. The van der Waals surface area contributed by atoms with E-state index in [0.717, 1.165) is 19.3 Å². The minimum Gasteiger partial charge on any atom is -0.342 e. The lowest BCUT2D eigenvalue weighted by Crippen LogP contribution is -2.39. The second-order valence-corrected chi connectivity index (χ2v) is 9.31. The highest BCUT2D eigenvalue weighted by Crippen LogP contribution is 2.28. The van der Waals surface area contributed by atoms with E-state index >= 15 is 0 Å². The van der Waals surface area contributed by atoms with Crippen molar-refractivity contribution < 1.29 is 17.6 Å². The summed E-state index contributed by atoms with van der Waals surface area (Å²) in [7, 11) is -3.61. The van der Waals surface area contributed by atoms with Gasteiger partial charge < -0.3 is 4.90 Å². The van der Waals surface area contributed by atoms with Crippen LogP contribution in [0.5, 0.6) is 0 Å². The molecule has 144 valence electrons. The predicted molar refractivity (Wildman–Crippen MR) is 104 cm³/mol. The fourth-order valence-corrected chi connectivity index (χ4v) is 4.72. The minimum absolute atomic E-state index is 0.315. The molecule has 0 saturated carbocycles. The molecule has 1 heterocycles. The molecule has 4 nitrogen and oxygen atoms in total. The van der Waals surface area contributed by atoms with Crippen LogP contribution in [-0.2, 0) is 14.6 Å². The Hall–Kier alpha value is -2.21. The molecule has 0 aliphatic carbocycles. The number of nitrogens with zero attached hydrogens (tertiary/aromatic N) is 1. The van der Waals surface area contributed by atoms with Gasteiger partial charge in [0.05, 0.1) is 5.25 Å². The fraction of sp³-hybridized carbons (Fsp3) is 0.381. The number of hydrogen-bond acceptors (Lipinski definition) is 3. The van der Waals surface area contributed by atoms with E-state index in [1.54, 1.807) is 54.3 Å². The average Bonchev–Trinajstić information content (AvgIpc) is 2.68. The lowest BCUT2D eigenvalue weighted by Gasteiger charge is -2.27. The van der Waals surface area contributed by atoms with Gasteiger partial charge in [-0.15, -0.1) is 0 Å². The number of sulfone groups is 1. The third kappa shape index (κ3) is 4.56. The Morgan fingerprint density at radius 1 is 1.04 bits per heavy atom. The number of rotatable bonds is 5. The van der Waals surface area contributed by atoms with E-state index in [2.05, 4.69) is 0 Å². The van der Waals surface area contributed by atoms with E-state index < -0.39 is 20.8 Å². The Balaban J connectivity index is 1.73. The molecule has 3 rings (SSSR count). The van der Waals surface area contributed by atoms with E-state index in [0.29, 0.717) is 29.8 Å². The van der Waals surface area contributed by atoms with Crippen LogP contribution in [0.2, 0.25) is 0 Å². The topological polar surface area (TPSA) is 54.5 Å². The summed E-state index contributed by atoms with van der Waals surface area (Å²) in [5.41, 5.74) is 1.76. The zero-order chi connectivity index (χ0) is 19.4. The number of hydrogen-bond donors (Lipinski definition) is 0. The van der Waals surface area contributed by atoms with Gasteiger partial charge in [0.2, 0.25) is 5.91 Å². The van der Waals surface area contributed by atoms with Crippen LogP contribution in [0.1, 0.15) is 37.0 Å². The van der Waals surface area contributed by atoms with Crippen LogP contribution in [0.3, 0.4) is 0 Å². The third-order valence-electron chi connectivity index (χ3n) is 5.14. The Bertz CT molecular complexity index is 903. The first-order valence-corrected chi connectivity index (χ1v) is 10.9. The van der Waals surface area contributed by atoms with E-state index in [-0.39, 0.29) is 11.7 Å². The molecule has 0 aromatic heterocycles. The zero-order valence-electron chi connectivity index (χ0n) is 15.4. The molecular weight excluding hydrogens is 365 g/mol. The van der Waals surface area contributed by atoms with Crippen LogP contribution in [0.15, 0.2) is 48.5 Å². The molecule has 2 aromatic carbocycles. The van der Waals surface area contributed by atoms with E-state index in [4.69, 9.17) is 0 Å². The van der Waals surface area contributed by atoms with E-state index in [1.807, 2.05) is 0 Å². The highest BCUT2D eigenvalue weighted by molar-refractivity contribution is 7.92. The van der Waals surface area contributed by atoms with Gasteiger partial charge in [-0.2, -0.15) is 0 Å². The molecule has 1 saturated heterocycles. The summed E-state index contributed by atoms with van der Waals surface area (Å²) in [5.74, 6) is -1.11.